The first kappa shape index (κ1) is 13.7. The van der Waals surface area contributed by atoms with E-state index in [1.54, 1.807) is 13.2 Å². The second-order valence-electron chi connectivity index (χ2n) is 4.03. The summed E-state index contributed by atoms with van der Waals surface area (Å²) in [5.41, 5.74) is 1.72. The van der Waals surface area contributed by atoms with E-state index in [0.29, 0.717) is 5.56 Å². The Labute approximate surface area is 103 Å². The summed E-state index contributed by atoms with van der Waals surface area (Å²) in [6.07, 6.45) is 0.858. The molecule has 0 aliphatic carbocycles. The average Bonchev–Trinajstić information content (AvgIpc) is 2.36. The molecule has 0 amide bonds. The molecule has 0 aliphatic rings. The van der Waals surface area contributed by atoms with Crippen LogP contribution < -0.4 is 10.1 Å². The monoisotopic (exact) mass is 236 g/mol. The molecule has 0 radical (unpaired) electrons. The number of benzene rings is 1. The van der Waals surface area contributed by atoms with Gasteiger partial charge in [0.15, 0.2) is 0 Å². The third kappa shape index (κ3) is 4.17. The van der Waals surface area contributed by atoms with Crippen LogP contribution in [0, 0.1) is 0 Å². The molecular formula is C13H20N2O2. The highest BCUT2D eigenvalue weighted by molar-refractivity contribution is 5.75. The highest BCUT2D eigenvalue weighted by atomic mass is 16.5. The Balaban J connectivity index is 2.76. The Morgan fingerprint density at radius 3 is 2.82 bits per heavy atom. The highest BCUT2D eigenvalue weighted by Crippen LogP contribution is 2.20. The van der Waals surface area contributed by atoms with Gasteiger partial charge in [0.1, 0.15) is 12.0 Å². The quantitative estimate of drug-likeness (QED) is 0.721. The lowest BCUT2D eigenvalue weighted by Crippen LogP contribution is -2.27. The Bertz CT molecular complexity index is 366. The number of hydrogen-bond acceptors (Lipinski definition) is 4. The minimum atomic E-state index is 0.683. The van der Waals surface area contributed by atoms with Crippen molar-refractivity contribution in [2.24, 2.45) is 0 Å². The van der Waals surface area contributed by atoms with E-state index in [0.717, 1.165) is 37.2 Å². The van der Waals surface area contributed by atoms with Crippen LogP contribution >= 0.6 is 0 Å². The number of carbonyl (C=O) groups is 1. The van der Waals surface area contributed by atoms with Gasteiger partial charge in [-0.1, -0.05) is 0 Å². The van der Waals surface area contributed by atoms with Crippen LogP contribution in [0.25, 0.3) is 0 Å². The summed E-state index contributed by atoms with van der Waals surface area (Å²) in [4.78, 5) is 12.9. The van der Waals surface area contributed by atoms with Crippen molar-refractivity contribution in [1.29, 1.82) is 0 Å². The Kier molecular flexibility index (Phi) is 5.66. The van der Waals surface area contributed by atoms with E-state index in [1.807, 2.05) is 26.2 Å². The third-order valence-corrected chi connectivity index (χ3v) is 2.62. The first-order valence-electron chi connectivity index (χ1n) is 5.66. The molecule has 0 bridgehead atoms. The molecule has 0 fully saturated rings. The molecule has 1 aromatic carbocycles. The van der Waals surface area contributed by atoms with Crippen LogP contribution in [0.2, 0.25) is 0 Å². The van der Waals surface area contributed by atoms with Crippen LogP contribution in [0.4, 0.5) is 0 Å². The molecule has 17 heavy (non-hydrogen) atoms. The van der Waals surface area contributed by atoms with E-state index in [2.05, 4.69) is 10.2 Å². The number of carbonyl (C=O) groups excluding carboxylic acids is 1. The van der Waals surface area contributed by atoms with Crippen molar-refractivity contribution in [3.05, 3.63) is 29.3 Å². The maximum atomic E-state index is 10.8. The molecule has 4 nitrogen and oxygen atoms in total. The highest BCUT2D eigenvalue weighted by Gasteiger charge is 2.07. The summed E-state index contributed by atoms with van der Waals surface area (Å²) in [5.74, 6) is 0.826. The van der Waals surface area contributed by atoms with Gasteiger partial charge in [-0.05, 0) is 32.3 Å². The fraction of sp³-hybridized carbons (Fsp3) is 0.462. The first-order valence-corrected chi connectivity index (χ1v) is 5.66. The number of rotatable bonds is 7. The summed E-state index contributed by atoms with van der Waals surface area (Å²) in [7, 11) is 5.62. The standard InChI is InChI=1S/C13H20N2O2/c1-14-6-7-15(2)9-12-8-11(10-16)4-5-13(12)17-3/h4-5,8,10,14H,6-7,9H2,1-3H3. The molecule has 0 saturated heterocycles. The van der Waals surface area contributed by atoms with Gasteiger partial charge in [0.25, 0.3) is 0 Å². The van der Waals surface area contributed by atoms with Crippen molar-refractivity contribution >= 4 is 6.29 Å². The zero-order chi connectivity index (χ0) is 12.7. The second kappa shape index (κ2) is 7.04. The molecule has 0 heterocycles. The van der Waals surface area contributed by atoms with E-state index < -0.39 is 0 Å². The molecule has 1 aromatic rings. The van der Waals surface area contributed by atoms with E-state index in [9.17, 15) is 4.79 Å². The number of aldehydes is 1. The van der Waals surface area contributed by atoms with Gasteiger partial charge >= 0.3 is 0 Å². The molecule has 0 aliphatic heterocycles. The smallest absolute Gasteiger partial charge is 0.150 e. The lowest BCUT2D eigenvalue weighted by Gasteiger charge is -2.18. The van der Waals surface area contributed by atoms with Crippen LogP contribution in [0.1, 0.15) is 15.9 Å². The largest absolute Gasteiger partial charge is 0.496 e. The summed E-state index contributed by atoms with van der Waals surface area (Å²) < 4.78 is 5.29. The van der Waals surface area contributed by atoms with Gasteiger partial charge in [0, 0.05) is 30.8 Å². The van der Waals surface area contributed by atoms with Gasteiger partial charge in [0.2, 0.25) is 0 Å². The van der Waals surface area contributed by atoms with Crippen LogP contribution in [0.5, 0.6) is 5.75 Å². The summed E-state index contributed by atoms with van der Waals surface area (Å²) in [6, 6.07) is 5.48. The van der Waals surface area contributed by atoms with E-state index in [1.165, 1.54) is 0 Å². The maximum absolute atomic E-state index is 10.8. The molecule has 0 spiro atoms. The summed E-state index contributed by atoms with van der Waals surface area (Å²) in [6.45, 7) is 2.66. The molecule has 1 N–H and O–H groups in total. The maximum Gasteiger partial charge on any atom is 0.150 e. The predicted octanol–water partition coefficient (Wildman–Crippen LogP) is 1.16. The van der Waals surface area contributed by atoms with Crippen LogP contribution in [-0.2, 0) is 6.54 Å². The van der Waals surface area contributed by atoms with Crippen LogP contribution in [0.3, 0.4) is 0 Å². The molecular weight excluding hydrogens is 216 g/mol. The van der Waals surface area contributed by atoms with Gasteiger partial charge in [-0.15, -0.1) is 0 Å². The summed E-state index contributed by atoms with van der Waals surface area (Å²) in [5, 5.41) is 3.11. The number of ether oxygens (including phenoxy) is 1. The number of likely N-dealkylation sites (N-methyl/N-ethyl adjacent to an activating group) is 2. The summed E-state index contributed by atoms with van der Waals surface area (Å²) >= 11 is 0. The van der Waals surface area contributed by atoms with Crippen molar-refractivity contribution in [3.8, 4) is 5.75 Å². The van der Waals surface area contributed by atoms with Crippen molar-refractivity contribution in [3.63, 3.8) is 0 Å². The Hall–Kier alpha value is -1.39. The van der Waals surface area contributed by atoms with Gasteiger partial charge in [-0.25, -0.2) is 0 Å². The van der Waals surface area contributed by atoms with Crippen molar-refractivity contribution < 1.29 is 9.53 Å². The topological polar surface area (TPSA) is 41.6 Å². The van der Waals surface area contributed by atoms with Crippen molar-refractivity contribution in [2.45, 2.75) is 6.54 Å². The van der Waals surface area contributed by atoms with Gasteiger partial charge in [0.05, 0.1) is 7.11 Å². The normalized spacial score (nSPS) is 10.6. The minimum Gasteiger partial charge on any atom is -0.496 e. The predicted molar refractivity (Wildman–Crippen MR) is 68.6 cm³/mol. The van der Waals surface area contributed by atoms with Crippen LogP contribution in [-0.4, -0.2) is 45.5 Å². The van der Waals surface area contributed by atoms with E-state index in [-0.39, 0.29) is 0 Å². The fourth-order valence-corrected chi connectivity index (χ4v) is 1.67. The minimum absolute atomic E-state index is 0.683. The SMILES string of the molecule is CNCCN(C)Cc1cc(C=O)ccc1OC. The van der Waals surface area contributed by atoms with Gasteiger partial charge in [-0.2, -0.15) is 0 Å². The fourth-order valence-electron chi connectivity index (χ4n) is 1.67. The second-order valence-corrected chi connectivity index (χ2v) is 4.03. The van der Waals surface area contributed by atoms with Crippen molar-refractivity contribution in [1.82, 2.24) is 10.2 Å². The third-order valence-electron chi connectivity index (χ3n) is 2.62. The van der Waals surface area contributed by atoms with E-state index >= 15 is 0 Å². The molecule has 0 unspecified atom stereocenters. The lowest BCUT2D eigenvalue weighted by atomic mass is 10.1. The van der Waals surface area contributed by atoms with Crippen molar-refractivity contribution in [2.75, 3.05) is 34.3 Å². The lowest BCUT2D eigenvalue weighted by molar-refractivity contribution is 0.112. The number of nitrogens with one attached hydrogen (secondary N) is 1. The Morgan fingerprint density at radius 2 is 2.24 bits per heavy atom. The van der Waals surface area contributed by atoms with Crippen LogP contribution in [0.15, 0.2) is 18.2 Å². The molecule has 0 atom stereocenters. The molecule has 0 saturated carbocycles. The molecule has 94 valence electrons. The number of nitrogens with zero attached hydrogens (tertiary/aromatic N) is 1. The zero-order valence-corrected chi connectivity index (χ0v) is 10.7. The molecule has 1 rings (SSSR count). The van der Waals surface area contributed by atoms with E-state index in [4.69, 9.17) is 4.74 Å². The number of methoxy groups -OCH3 is 1. The van der Waals surface area contributed by atoms with Gasteiger partial charge < -0.3 is 15.0 Å². The molecule has 4 heteroatoms. The first-order chi connectivity index (χ1) is 8.21. The Morgan fingerprint density at radius 1 is 1.47 bits per heavy atom. The number of hydrogen-bond donors (Lipinski definition) is 1. The average molecular weight is 236 g/mol. The molecule has 0 aromatic heterocycles. The van der Waals surface area contributed by atoms with Gasteiger partial charge in [-0.3, -0.25) is 4.79 Å². The zero-order valence-electron chi connectivity index (χ0n) is 10.7.